The van der Waals surface area contributed by atoms with Crippen molar-refractivity contribution in [1.29, 1.82) is 0 Å². The van der Waals surface area contributed by atoms with Crippen LogP contribution in [0.1, 0.15) is 20.4 Å². The lowest BCUT2D eigenvalue weighted by Gasteiger charge is -2.39. The summed E-state index contributed by atoms with van der Waals surface area (Å²) in [6, 6.07) is 5.89. The average Bonchev–Trinajstić information content (AvgIpc) is 3.46. The number of carbonyl (C=O) groups is 2. The highest BCUT2D eigenvalue weighted by Crippen LogP contribution is 2.34. The SMILES string of the molecule is CNC(=O)C1CN(S(=O)(=O)c2cc3ccc(Cl)cc3s2)CCN1C(=O)c1nc2c(s1)CN(C)CC2.Cl. The number of carbonyl (C=O) groups excluding carboxylic acids is 2. The number of thiazole rings is 1. The number of amides is 2. The molecule has 4 heterocycles. The number of fused-ring (bicyclic) bond motifs is 2. The molecule has 0 radical (unpaired) electrons. The maximum absolute atomic E-state index is 13.5. The number of rotatable bonds is 4. The molecular weight excluding hydrogens is 565 g/mol. The van der Waals surface area contributed by atoms with E-state index in [4.69, 9.17) is 11.6 Å². The van der Waals surface area contributed by atoms with Gasteiger partial charge in [0, 0.05) is 60.8 Å². The minimum absolute atomic E-state index is 0. The average molecular weight is 591 g/mol. The Morgan fingerprint density at radius 1 is 1.17 bits per heavy atom. The lowest BCUT2D eigenvalue weighted by molar-refractivity contribution is -0.126. The summed E-state index contributed by atoms with van der Waals surface area (Å²) in [5.74, 6) is -0.753. The van der Waals surface area contributed by atoms with Crippen molar-refractivity contribution in [3.8, 4) is 0 Å². The highest BCUT2D eigenvalue weighted by atomic mass is 35.5. The smallest absolute Gasteiger partial charge is 0.283 e. The second-order valence-electron chi connectivity index (χ2n) is 8.62. The van der Waals surface area contributed by atoms with Gasteiger partial charge in [-0.3, -0.25) is 9.59 Å². The number of nitrogens with zero attached hydrogens (tertiary/aromatic N) is 4. The Kier molecular flexibility index (Phi) is 7.96. The van der Waals surface area contributed by atoms with Gasteiger partial charge in [0.2, 0.25) is 5.91 Å². The van der Waals surface area contributed by atoms with Crippen LogP contribution in [0.2, 0.25) is 5.02 Å². The van der Waals surface area contributed by atoms with Crippen LogP contribution < -0.4 is 5.32 Å². The molecular formula is C22H25Cl2N5O4S3. The molecule has 0 saturated carbocycles. The summed E-state index contributed by atoms with van der Waals surface area (Å²) in [6.07, 6.45) is 0.779. The third kappa shape index (κ3) is 5.00. The molecule has 1 saturated heterocycles. The third-order valence-corrected chi connectivity index (χ3v) is 11.0. The molecule has 0 bridgehead atoms. The van der Waals surface area contributed by atoms with Crippen LogP contribution in [-0.2, 0) is 27.8 Å². The lowest BCUT2D eigenvalue weighted by Crippen LogP contribution is -2.61. The van der Waals surface area contributed by atoms with Crippen LogP contribution in [0, 0.1) is 0 Å². The summed E-state index contributed by atoms with van der Waals surface area (Å²) in [5, 5.41) is 4.24. The van der Waals surface area contributed by atoms with Gasteiger partial charge in [-0.15, -0.1) is 35.1 Å². The van der Waals surface area contributed by atoms with Crippen molar-refractivity contribution < 1.29 is 18.0 Å². The molecule has 2 aliphatic heterocycles. The van der Waals surface area contributed by atoms with E-state index in [1.807, 2.05) is 7.05 Å². The monoisotopic (exact) mass is 589 g/mol. The van der Waals surface area contributed by atoms with Gasteiger partial charge in [-0.25, -0.2) is 13.4 Å². The molecule has 2 aliphatic rings. The van der Waals surface area contributed by atoms with E-state index in [0.717, 1.165) is 51.5 Å². The van der Waals surface area contributed by atoms with E-state index in [1.54, 1.807) is 24.3 Å². The van der Waals surface area contributed by atoms with E-state index in [2.05, 4.69) is 15.2 Å². The van der Waals surface area contributed by atoms with Crippen molar-refractivity contribution in [2.45, 2.75) is 23.2 Å². The fraction of sp³-hybridized carbons (Fsp3) is 0.409. The zero-order chi connectivity index (χ0) is 24.9. The van der Waals surface area contributed by atoms with E-state index < -0.39 is 22.0 Å². The molecule has 3 aromatic rings. The molecule has 0 aliphatic carbocycles. The minimum Gasteiger partial charge on any atom is -0.357 e. The van der Waals surface area contributed by atoms with Gasteiger partial charge >= 0.3 is 0 Å². The van der Waals surface area contributed by atoms with Gasteiger partial charge in [-0.2, -0.15) is 4.31 Å². The number of thiophene rings is 1. The molecule has 14 heteroatoms. The molecule has 1 unspecified atom stereocenters. The summed E-state index contributed by atoms with van der Waals surface area (Å²) in [7, 11) is -0.359. The molecule has 1 N–H and O–H groups in total. The van der Waals surface area contributed by atoms with Crippen LogP contribution in [0.25, 0.3) is 10.1 Å². The Hall–Kier alpha value is -1.80. The number of piperazine rings is 1. The standard InChI is InChI=1S/C22H24ClN5O4S3.ClH/c1-24-20(29)16-11-27(35(31,32)19-9-13-3-4-14(23)10-17(13)33-19)7-8-28(16)22(30)21-25-15-5-6-26(2)12-18(15)34-21;/h3-4,9-10,16H,5-8,11-12H2,1-2H3,(H,24,29);1H. The Morgan fingerprint density at radius 2 is 1.94 bits per heavy atom. The molecule has 9 nitrogen and oxygen atoms in total. The van der Waals surface area contributed by atoms with Gasteiger partial charge in [0.1, 0.15) is 10.3 Å². The first-order valence-electron chi connectivity index (χ1n) is 11.1. The zero-order valence-corrected chi connectivity index (χ0v) is 23.6. The predicted octanol–water partition coefficient (Wildman–Crippen LogP) is 2.68. The number of benzene rings is 1. The number of halogens is 2. The van der Waals surface area contributed by atoms with Crippen LogP contribution in [0.15, 0.2) is 28.5 Å². The quantitative estimate of drug-likeness (QED) is 0.502. The van der Waals surface area contributed by atoms with Crippen LogP contribution in [0.5, 0.6) is 0 Å². The minimum atomic E-state index is -3.86. The van der Waals surface area contributed by atoms with Crippen LogP contribution in [0.4, 0.5) is 0 Å². The summed E-state index contributed by atoms with van der Waals surface area (Å²) in [6.45, 7) is 1.68. The van der Waals surface area contributed by atoms with Crippen molar-refractivity contribution in [2.24, 2.45) is 0 Å². The van der Waals surface area contributed by atoms with Crippen LogP contribution in [-0.4, -0.2) is 85.6 Å². The first-order valence-corrected chi connectivity index (χ1v) is 14.5. The molecule has 1 fully saturated rings. The Bertz CT molecular complexity index is 1420. The molecule has 1 aromatic carbocycles. The van der Waals surface area contributed by atoms with Crippen molar-refractivity contribution in [2.75, 3.05) is 40.3 Å². The largest absolute Gasteiger partial charge is 0.357 e. The van der Waals surface area contributed by atoms with Crippen molar-refractivity contribution in [3.63, 3.8) is 0 Å². The highest BCUT2D eigenvalue weighted by Gasteiger charge is 2.41. The van der Waals surface area contributed by atoms with Gasteiger partial charge in [0.25, 0.3) is 15.9 Å². The maximum Gasteiger partial charge on any atom is 0.283 e. The van der Waals surface area contributed by atoms with E-state index >= 15 is 0 Å². The number of sulfonamides is 1. The molecule has 36 heavy (non-hydrogen) atoms. The topological polar surface area (TPSA) is 103 Å². The van der Waals surface area contributed by atoms with E-state index in [9.17, 15) is 18.0 Å². The number of likely N-dealkylation sites (N-methyl/N-ethyl adjacent to an activating group) is 2. The molecule has 0 spiro atoms. The Morgan fingerprint density at radius 3 is 2.69 bits per heavy atom. The zero-order valence-electron chi connectivity index (χ0n) is 19.6. The molecule has 194 valence electrons. The number of aromatic nitrogens is 1. The van der Waals surface area contributed by atoms with Crippen LogP contribution >= 0.6 is 46.7 Å². The number of nitrogens with one attached hydrogen (secondary N) is 1. The summed E-state index contributed by atoms with van der Waals surface area (Å²) in [5.41, 5.74) is 0.930. The van der Waals surface area contributed by atoms with Crippen molar-refractivity contribution >= 4 is 78.6 Å². The summed E-state index contributed by atoms with van der Waals surface area (Å²) in [4.78, 5) is 35.4. The molecule has 2 amide bonds. The molecule has 5 rings (SSSR count). The third-order valence-electron chi connectivity index (χ3n) is 6.31. The van der Waals surface area contributed by atoms with Crippen molar-refractivity contribution in [1.82, 2.24) is 24.4 Å². The highest BCUT2D eigenvalue weighted by molar-refractivity contribution is 7.91. The van der Waals surface area contributed by atoms with Gasteiger partial charge in [0.05, 0.1) is 5.69 Å². The fourth-order valence-corrected chi connectivity index (χ4v) is 8.79. The molecule has 2 aromatic heterocycles. The van der Waals surface area contributed by atoms with E-state index in [-0.39, 0.29) is 42.2 Å². The van der Waals surface area contributed by atoms with Gasteiger partial charge < -0.3 is 15.1 Å². The van der Waals surface area contributed by atoms with E-state index in [1.165, 1.54) is 27.6 Å². The first-order chi connectivity index (χ1) is 16.7. The fourth-order valence-electron chi connectivity index (χ4n) is 4.38. The number of hydrogen-bond donors (Lipinski definition) is 1. The summed E-state index contributed by atoms with van der Waals surface area (Å²) >= 11 is 8.55. The van der Waals surface area contributed by atoms with Gasteiger partial charge in [0.15, 0.2) is 5.01 Å². The predicted molar refractivity (Wildman–Crippen MR) is 144 cm³/mol. The van der Waals surface area contributed by atoms with Gasteiger partial charge in [-0.1, -0.05) is 17.7 Å². The number of hydrogen-bond acceptors (Lipinski definition) is 8. The normalized spacial score (nSPS) is 19.1. The van der Waals surface area contributed by atoms with E-state index in [0.29, 0.717) is 10.0 Å². The lowest BCUT2D eigenvalue weighted by atomic mass is 10.1. The Balaban J connectivity index is 0.00000304. The summed E-state index contributed by atoms with van der Waals surface area (Å²) < 4.78 is 29.2. The molecule has 1 atom stereocenters. The van der Waals surface area contributed by atoms with Crippen molar-refractivity contribution in [3.05, 3.63) is 44.9 Å². The first kappa shape index (κ1) is 27.2. The second-order valence-corrected chi connectivity index (χ2v) is 13.4. The maximum atomic E-state index is 13.5. The Labute approximate surface area is 228 Å². The second kappa shape index (κ2) is 10.5. The van der Waals surface area contributed by atoms with Gasteiger partial charge in [-0.05, 0) is 30.6 Å². The van der Waals surface area contributed by atoms with Crippen LogP contribution in [0.3, 0.4) is 0 Å².